The van der Waals surface area contributed by atoms with Crippen LogP contribution in [0, 0.1) is 11.7 Å². The van der Waals surface area contributed by atoms with Gasteiger partial charge in [-0.1, -0.05) is 0 Å². The van der Waals surface area contributed by atoms with E-state index in [0.29, 0.717) is 30.5 Å². The number of sulfone groups is 1. The van der Waals surface area contributed by atoms with Crippen LogP contribution in [0.4, 0.5) is 28.9 Å². The van der Waals surface area contributed by atoms with E-state index in [1.807, 2.05) is 4.90 Å². The van der Waals surface area contributed by atoms with E-state index < -0.39 is 27.4 Å². The molecule has 196 valence electrons. The van der Waals surface area contributed by atoms with Crippen LogP contribution in [0.1, 0.15) is 22.3 Å². The zero-order chi connectivity index (χ0) is 26.3. The van der Waals surface area contributed by atoms with E-state index in [2.05, 4.69) is 0 Å². The molecule has 2 heterocycles. The largest absolute Gasteiger partial charge is 0.419 e. The second-order valence-electron chi connectivity index (χ2n) is 9.18. The molecule has 1 N–H and O–H groups in total. The van der Waals surface area contributed by atoms with Crippen molar-refractivity contribution in [1.29, 1.82) is 0 Å². The van der Waals surface area contributed by atoms with E-state index >= 15 is 0 Å². The predicted molar refractivity (Wildman–Crippen MR) is 126 cm³/mol. The van der Waals surface area contributed by atoms with Gasteiger partial charge < -0.3 is 19.8 Å². The van der Waals surface area contributed by atoms with Crippen molar-refractivity contribution in [2.75, 3.05) is 61.9 Å². The van der Waals surface area contributed by atoms with Crippen LogP contribution in [0.2, 0.25) is 0 Å². The topological polar surface area (TPSA) is 81.2 Å². The number of carbonyl (C=O) groups excluding carboxylic acids is 1. The van der Waals surface area contributed by atoms with Gasteiger partial charge in [-0.3, -0.25) is 4.79 Å². The van der Waals surface area contributed by atoms with Gasteiger partial charge in [0, 0.05) is 69.4 Å². The number of hydrogen-bond acceptors (Lipinski definition) is 6. The molecule has 2 aliphatic rings. The summed E-state index contributed by atoms with van der Waals surface area (Å²) in [5.74, 6) is -1.65. The van der Waals surface area contributed by atoms with Gasteiger partial charge in [-0.25, -0.2) is 12.8 Å². The standard InChI is InChI=1S/C24H27F4N3O4S/c1-36(34,35)18-3-5-22(31-7-6-16(14-31)15-32)19(13-18)23(33)30-10-8-29(9-11-30)17-2-4-20(21(25)12-17)24(26,27)28/h2-5,12-13,16,32H,6-11,14-15H2,1H3. The highest BCUT2D eigenvalue weighted by Crippen LogP contribution is 2.34. The third-order valence-electron chi connectivity index (χ3n) is 6.70. The van der Waals surface area contributed by atoms with E-state index in [4.69, 9.17) is 0 Å². The molecule has 2 saturated heterocycles. The second kappa shape index (κ2) is 9.89. The van der Waals surface area contributed by atoms with Gasteiger partial charge in [0.2, 0.25) is 0 Å². The Kier molecular flexibility index (Phi) is 7.20. The maximum Gasteiger partial charge on any atom is 0.419 e. The SMILES string of the molecule is CS(=O)(=O)c1ccc(N2CCC(CO)C2)c(C(=O)N2CCN(c3ccc(C(F)(F)F)c(F)c3)CC2)c1. The summed E-state index contributed by atoms with van der Waals surface area (Å²) in [6.45, 7) is 2.18. The molecule has 2 aromatic rings. The van der Waals surface area contributed by atoms with Gasteiger partial charge in [-0.05, 0) is 42.8 Å². The maximum absolute atomic E-state index is 14.0. The Morgan fingerprint density at radius 3 is 2.28 bits per heavy atom. The predicted octanol–water partition coefficient (Wildman–Crippen LogP) is 3.03. The number of amides is 1. The third-order valence-corrected chi connectivity index (χ3v) is 7.81. The number of carbonyl (C=O) groups is 1. The van der Waals surface area contributed by atoms with Gasteiger partial charge in [0.25, 0.3) is 5.91 Å². The van der Waals surface area contributed by atoms with Crippen molar-refractivity contribution in [2.24, 2.45) is 5.92 Å². The summed E-state index contributed by atoms with van der Waals surface area (Å²) in [7, 11) is -3.56. The molecule has 1 unspecified atom stereocenters. The van der Waals surface area contributed by atoms with Crippen molar-refractivity contribution in [3.05, 3.63) is 53.3 Å². The Balaban J connectivity index is 1.53. The zero-order valence-corrected chi connectivity index (χ0v) is 20.4. The molecular formula is C24H27F4N3O4S. The van der Waals surface area contributed by atoms with Gasteiger partial charge in [-0.2, -0.15) is 13.2 Å². The number of rotatable bonds is 5. The van der Waals surface area contributed by atoms with E-state index in [-0.39, 0.29) is 55.1 Å². The van der Waals surface area contributed by atoms with E-state index in [1.165, 1.54) is 18.2 Å². The summed E-state index contributed by atoms with van der Waals surface area (Å²) in [5, 5.41) is 9.49. The molecule has 7 nitrogen and oxygen atoms in total. The van der Waals surface area contributed by atoms with Crippen LogP contribution in [-0.4, -0.2) is 76.5 Å². The molecule has 4 rings (SSSR count). The van der Waals surface area contributed by atoms with Crippen molar-refractivity contribution < 1.29 is 35.9 Å². The molecule has 0 aromatic heterocycles. The van der Waals surface area contributed by atoms with Crippen LogP contribution >= 0.6 is 0 Å². The normalized spacial score (nSPS) is 19.2. The number of piperazine rings is 1. The Bertz CT molecular complexity index is 1240. The second-order valence-corrected chi connectivity index (χ2v) is 11.2. The Morgan fingerprint density at radius 1 is 1.03 bits per heavy atom. The Labute approximate surface area is 206 Å². The smallest absolute Gasteiger partial charge is 0.396 e. The average molecular weight is 530 g/mol. The molecule has 36 heavy (non-hydrogen) atoms. The van der Waals surface area contributed by atoms with E-state index in [1.54, 1.807) is 15.9 Å². The van der Waals surface area contributed by atoms with Gasteiger partial charge >= 0.3 is 6.18 Å². The highest BCUT2D eigenvalue weighted by molar-refractivity contribution is 7.90. The number of aliphatic hydroxyl groups is 1. The fraction of sp³-hybridized carbons (Fsp3) is 0.458. The fourth-order valence-electron chi connectivity index (χ4n) is 4.66. The van der Waals surface area contributed by atoms with Crippen LogP contribution in [0.15, 0.2) is 41.3 Å². The van der Waals surface area contributed by atoms with E-state index in [0.717, 1.165) is 18.7 Å². The number of hydrogen-bond donors (Lipinski definition) is 1. The highest BCUT2D eigenvalue weighted by Gasteiger charge is 2.35. The van der Waals surface area contributed by atoms with Gasteiger partial charge in [0.05, 0.1) is 16.0 Å². The Morgan fingerprint density at radius 2 is 1.72 bits per heavy atom. The first-order valence-electron chi connectivity index (χ1n) is 11.5. The number of aliphatic hydroxyl groups excluding tert-OH is 1. The maximum atomic E-state index is 14.0. The zero-order valence-electron chi connectivity index (χ0n) is 19.6. The number of benzene rings is 2. The first kappa shape index (κ1) is 26.2. The van der Waals surface area contributed by atoms with Crippen LogP contribution in [0.5, 0.6) is 0 Å². The van der Waals surface area contributed by atoms with Gasteiger partial charge in [0.1, 0.15) is 5.82 Å². The summed E-state index contributed by atoms with van der Waals surface area (Å²) in [4.78, 5) is 18.7. The number of anilines is 2. The number of halogens is 4. The highest BCUT2D eigenvalue weighted by atomic mass is 32.2. The molecule has 0 radical (unpaired) electrons. The lowest BCUT2D eigenvalue weighted by Crippen LogP contribution is -2.49. The van der Waals surface area contributed by atoms with Crippen molar-refractivity contribution in [1.82, 2.24) is 4.90 Å². The number of alkyl halides is 3. The van der Waals surface area contributed by atoms with Gasteiger partial charge in [0.15, 0.2) is 9.84 Å². The lowest BCUT2D eigenvalue weighted by atomic mass is 10.1. The van der Waals surface area contributed by atoms with Crippen molar-refractivity contribution in [2.45, 2.75) is 17.5 Å². The summed E-state index contributed by atoms with van der Waals surface area (Å²) in [6.07, 6.45) is -2.96. The van der Waals surface area contributed by atoms with Crippen molar-refractivity contribution in [3.63, 3.8) is 0 Å². The Hall–Kier alpha value is -2.86. The minimum atomic E-state index is -4.78. The first-order valence-corrected chi connectivity index (χ1v) is 13.4. The molecule has 0 saturated carbocycles. The van der Waals surface area contributed by atoms with Gasteiger partial charge in [-0.15, -0.1) is 0 Å². The molecule has 2 aromatic carbocycles. The molecular weight excluding hydrogens is 502 g/mol. The van der Waals surface area contributed by atoms with Crippen LogP contribution in [-0.2, 0) is 16.0 Å². The molecule has 1 amide bonds. The fourth-order valence-corrected chi connectivity index (χ4v) is 5.31. The lowest BCUT2D eigenvalue weighted by Gasteiger charge is -2.37. The lowest BCUT2D eigenvalue weighted by molar-refractivity contribution is -0.139. The summed E-state index contributed by atoms with van der Waals surface area (Å²) in [6, 6.07) is 7.22. The van der Waals surface area contributed by atoms with Crippen LogP contribution in [0.25, 0.3) is 0 Å². The third kappa shape index (κ3) is 5.44. The summed E-state index contributed by atoms with van der Waals surface area (Å²) < 4.78 is 76.9. The van der Waals surface area contributed by atoms with Crippen LogP contribution in [0.3, 0.4) is 0 Å². The molecule has 12 heteroatoms. The van der Waals surface area contributed by atoms with E-state index in [9.17, 15) is 35.9 Å². The minimum Gasteiger partial charge on any atom is -0.396 e. The molecule has 1 atom stereocenters. The van der Waals surface area contributed by atoms with Crippen LogP contribution < -0.4 is 9.80 Å². The summed E-state index contributed by atoms with van der Waals surface area (Å²) in [5.41, 5.74) is -0.204. The summed E-state index contributed by atoms with van der Waals surface area (Å²) >= 11 is 0. The molecule has 0 aliphatic carbocycles. The molecule has 2 fully saturated rings. The average Bonchev–Trinajstić information content (AvgIpc) is 3.31. The first-order chi connectivity index (χ1) is 16.9. The van der Waals surface area contributed by atoms with Crippen molar-refractivity contribution >= 4 is 27.1 Å². The molecule has 2 aliphatic heterocycles. The minimum absolute atomic E-state index is 0.0198. The molecule has 0 spiro atoms. The quantitative estimate of drug-likeness (QED) is 0.600. The molecule has 0 bridgehead atoms. The number of nitrogens with zero attached hydrogens (tertiary/aromatic N) is 3. The monoisotopic (exact) mass is 529 g/mol. The van der Waals surface area contributed by atoms with Crippen molar-refractivity contribution in [3.8, 4) is 0 Å².